The van der Waals surface area contributed by atoms with Crippen molar-refractivity contribution in [2.75, 3.05) is 7.11 Å². The lowest BCUT2D eigenvalue weighted by Crippen LogP contribution is -2.23. The van der Waals surface area contributed by atoms with Crippen molar-refractivity contribution in [3.05, 3.63) is 78.0 Å². The van der Waals surface area contributed by atoms with Gasteiger partial charge in [-0.25, -0.2) is 4.39 Å². The van der Waals surface area contributed by atoms with Crippen molar-refractivity contribution < 1.29 is 18.4 Å². The molecule has 1 atom stereocenters. The number of carbonyl (C=O) groups excluding carboxylic acids is 1. The van der Waals surface area contributed by atoms with Crippen LogP contribution >= 0.6 is 0 Å². The van der Waals surface area contributed by atoms with Gasteiger partial charge in [0.25, 0.3) is 5.89 Å². The zero-order valence-corrected chi connectivity index (χ0v) is 16.1. The largest absolute Gasteiger partial charge is 0.496 e. The van der Waals surface area contributed by atoms with E-state index in [-0.39, 0.29) is 5.82 Å². The summed E-state index contributed by atoms with van der Waals surface area (Å²) in [5, 5.41) is 3.98. The molecule has 4 rings (SSSR count). The van der Waals surface area contributed by atoms with Crippen LogP contribution in [0.5, 0.6) is 5.75 Å². The highest BCUT2D eigenvalue weighted by Crippen LogP contribution is 2.44. The molecule has 0 aliphatic heterocycles. The van der Waals surface area contributed by atoms with Gasteiger partial charge in [0, 0.05) is 5.57 Å². The zero-order valence-electron chi connectivity index (χ0n) is 16.1. The standard InChI is InChI=1S/C23H19FN2O3/c1-23(14-27)13-16(8-10-19(23)15-6-4-3-5-7-15)22-25-21(26-29-22)18-12-17(24)9-11-20(18)28-2/h3-12,14H,13H2,1-2H3. The highest BCUT2D eigenvalue weighted by molar-refractivity contribution is 5.91. The van der Waals surface area contributed by atoms with Gasteiger partial charge in [0.2, 0.25) is 5.82 Å². The first-order chi connectivity index (χ1) is 14.0. The SMILES string of the molecule is COc1ccc(F)cc1-c1noc(C2=CC=C(c3ccccc3)C(C)(C=O)C2)n1. The summed E-state index contributed by atoms with van der Waals surface area (Å²) in [6.07, 6.45) is 5.16. The van der Waals surface area contributed by atoms with Crippen molar-refractivity contribution in [3.8, 4) is 17.1 Å². The summed E-state index contributed by atoms with van der Waals surface area (Å²) >= 11 is 0. The molecule has 2 aromatic carbocycles. The number of carbonyl (C=O) groups is 1. The quantitative estimate of drug-likeness (QED) is 0.576. The lowest BCUT2D eigenvalue weighted by molar-refractivity contribution is -0.112. The van der Waals surface area contributed by atoms with E-state index < -0.39 is 11.2 Å². The molecule has 146 valence electrons. The van der Waals surface area contributed by atoms with Crippen molar-refractivity contribution >= 4 is 17.4 Å². The van der Waals surface area contributed by atoms with Gasteiger partial charge in [-0.2, -0.15) is 4.98 Å². The van der Waals surface area contributed by atoms with Gasteiger partial charge in [0.1, 0.15) is 17.9 Å². The number of aldehydes is 1. The van der Waals surface area contributed by atoms with Crippen LogP contribution < -0.4 is 4.74 Å². The third-order valence-corrected chi connectivity index (χ3v) is 5.07. The maximum Gasteiger partial charge on any atom is 0.254 e. The van der Waals surface area contributed by atoms with E-state index >= 15 is 0 Å². The Morgan fingerprint density at radius 3 is 2.69 bits per heavy atom. The molecule has 1 aliphatic carbocycles. The van der Waals surface area contributed by atoms with E-state index in [1.807, 2.05) is 49.4 Å². The number of hydrogen-bond acceptors (Lipinski definition) is 5. The minimum atomic E-state index is -0.726. The third kappa shape index (κ3) is 3.49. The number of aromatic nitrogens is 2. The third-order valence-electron chi connectivity index (χ3n) is 5.07. The topological polar surface area (TPSA) is 65.2 Å². The average molecular weight is 390 g/mol. The molecule has 0 saturated heterocycles. The molecule has 0 N–H and O–H groups in total. The Morgan fingerprint density at radius 2 is 1.97 bits per heavy atom. The van der Waals surface area contributed by atoms with Gasteiger partial charge in [-0.05, 0) is 42.7 Å². The highest BCUT2D eigenvalue weighted by Gasteiger charge is 2.34. The van der Waals surface area contributed by atoms with E-state index in [2.05, 4.69) is 10.1 Å². The van der Waals surface area contributed by atoms with Gasteiger partial charge in [0.05, 0.1) is 18.1 Å². The lowest BCUT2D eigenvalue weighted by atomic mass is 9.72. The average Bonchev–Trinajstić information content (AvgIpc) is 3.24. The molecule has 5 nitrogen and oxygen atoms in total. The highest BCUT2D eigenvalue weighted by atomic mass is 19.1. The fourth-order valence-corrected chi connectivity index (χ4v) is 3.54. The first-order valence-electron chi connectivity index (χ1n) is 9.15. The molecular formula is C23H19FN2O3. The van der Waals surface area contributed by atoms with Crippen LogP contribution in [0.4, 0.5) is 4.39 Å². The summed E-state index contributed by atoms with van der Waals surface area (Å²) < 4.78 is 24.4. The summed E-state index contributed by atoms with van der Waals surface area (Å²) in [5.74, 6) is 0.541. The molecule has 1 unspecified atom stereocenters. The Kier molecular flexibility index (Phi) is 4.84. The summed E-state index contributed by atoms with van der Waals surface area (Å²) in [4.78, 5) is 16.4. The summed E-state index contributed by atoms with van der Waals surface area (Å²) in [5.41, 5.74) is 2.35. The maximum atomic E-state index is 13.7. The Bertz CT molecular complexity index is 1120. The van der Waals surface area contributed by atoms with Crippen LogP contribution in [0, 0.1) is 11.2 Å². The van der Waals surface area contributed by atoms with E-state index in [0.717, 1.165) is 23.0 Å². The normalized spacial score (nSPS) is 18.7. The first kappa shape index (κ1) is 18.8. The molecule has 0 fully saturated rings. The number of ether oxygens (including phenoxy) is 1. The fourth-order valence-electron chi connectivity index (χ4n) is 3.54. The van der Waals surface area contributed by atoms with E-state index in [1.54, 1.807) is 0 Å². The molecule has 1 aromatic heterocycles. The second kappa shape index (κ2) is 7.47. The van der Waals surface area contributed by atoms with Crippen LogP contribution in [0.15, 0.2) is 65.2 Å². The predicted octanol–water partition coefficient (Wildman–Crippen LogP) is 4.96. The molecule has 0 amide bonds. The summed E-state index contributed by atoms with van der Waals surface area (Å²) in [7, 11) is 1.49. The molecule has 3 aromatic rings. The minimum Gasteiger partial charge on any atom is -0.496 e. The van der Waals surface area contributed by atoms with Crippen molar-refractivity contribution in [2.45, 2.75) is 13.3 Å². The molecule has 1 aliphatic rings. The summed E-state index contributed by atoms with van der Waals surface area (Å²) in [6, 6.07) is 13.9. The Balaban J connectivity index is 1.72. The molecular weight excluding hydrogens is 371 g/mol. The number of nitrogens with zero attached hydrogens (tertiary/aromatic N) is 2. The van der Waals surface area contributed by atoms with Crippen LogP contribution in [0.25, 0.3) is 22.5 Å². The van der Waals surface area contributed by atoms with Crippen LogP contribution in [0.1, 0.15) is 24.8 Å². The van der Waals surface area contributed by atoms with Gasteiger partial charge in [-0.3, -0.25) is 0 Å². The van der Waals surface area contributed by atoms with E-state index in [9.17, 15) is 9.18 Å². The molecule has 1 heterocycles. The minimum absolute atomic E-state index is 0.225. The Hall–Kier alpha value is -3.54. The number of benzene rings is 2. The van der Waals surface area contributed by atoms with Crippen molar-refractivity contribution in [1.29, 1.82) is 0 Å². The number of halogens is 1. The van der Waals surface area contributed by atoms with Crippen molar-refractivity contribution in [3.63, 3.8) is 0 Å². The Morgan fingerprint density at radius 1 is 1.17 bits per heavy atom. The fraction of sp³-hybridized carbons (Fsp3) is 0.174. The number of hydrogen-bond donors (Lipinski definition) is 0. The maximum absolute atomic E-state index is 13.7. The monoisotopic (exact) mass is 390 g/mol. The molecule has 6 heteroatoms. The van der Waals surface area contributed by atoms with E-state index in [1.165, 1.54) is 25.3 Å². The Labute approximate surface area is 167 Å². The van der Waals surface area contributed by atoms with Gasteiger partial charge >= 0.3 is 0 Å². The van der Waals surface area contributed by atoms with Crippen LogP contribution in [0.3, 0.4) is 0 Å². The molecule has 0 radical (unpaired) electrons. The lowest BCUT2D eigenvalue weighted by Gasteiger charge is -2.30. The van der Waals surface area contributed by atoms with E-state index in [4.69, 9.17) is 9.26 Å². The van der Waals surface area contributed by atoms with Gasteiger partial charge in [0.15, 0.2) is 0 Å². The van der Waals surface area contributed by atoms with Crippen molar-refractivity contribution in [2.24, 2.45) is 5.41 Å². The predicted molar refractivity (Wildman–Crippen MR) is 107 cm³/mol. The molecule has 0 spiro atoms. The summed E-state index contributed by atoms with van der Waals surface area (Å²) in [6.45, 7) is 1.89. The van der Waals surface area contributed by atoms with Gasteiger partial charge in [-0.15, -0.1) is 0 Å². The van der Waals surface area contributed by atoms with Gasteiger partial charge in [-0.1, -0.05) is 47.6 Å². The zero-order chi connectivity index (χ0) is 20.4. The first-order valence-corrected chi connectivity index (χ1v) is 9.15. The smallest absolute Gasteiger partial charge is 0.254 e. The van der Waals surface area contributed by atoms with E-state index in [0.29, 0.717) is 23.6 Å². The number of allylic oxidation sites excluding steroid dienone is 4. The second-order valence-corrected chi connectivity index (χ2v) is 7.12. The molecule has 29 heavy (non-hydrogen) atoms. The molecule has 0 saturated carbocycles. The van der Waals surface area contributed by atoms with Crippen molar-refractivity contribution in [1.82, 2.24) is 10.1 Å². The molecule has 0 bridgehead atoms. The van der Waals surface area contributed by atoms with Crippen LogP contribution in [0.2, 0.25) is 0 Å². The van der Waals surface area contributed by atoms with Gasteiger partial charge < -0.3 is 14.1 Å². The number of rotatable bonds is 5. The van der Waals surface area contributed by atoms with Crippen LogP contribution in [-0.2, 0) is 4.79 Å². The second-order valence-electron chi connectivity index (χ2n) is 7.12. The number of methoxy groups -OCH3 is 1. The van der Waals surface area contributed by atoms with Crippen LogP contribution in [-0.4, -0.2) is 23.5 Å².